The highest BCUT2D eigenvalue weighted by Gasteiger charge is 2.15. The summed E-state index contributed by atoms with van der Waals surface area (Å²) in [4.78, 5) is 29.9. The van der Waals surface area contributed by atoms with E-state index < -0.39 is 11.6 Å². The van der Waals surface area contributed by atoms with Crippen LogP contribution in [0, 0.1) is 11.6 Å². The zero-order chi connectivity index (χ0) is 22.4. The Kier molecular flexibility index (Phi) is 7.12. The molecule has 3 rings (SSSR count). The first-order valence-electron chi connectivity index (χ1n) is 9.90. The summed E-state index contributed by atoms with van der Waals surface area (Å²) in [5.74, 6) is -1.27. The summed E-state index contributed by atoms with van der Waals surface area (Å²) in [6.07, 6.45) is 1.66. The Morgan fingerprint density at radius 2 is 1.94 bits per heavy atom. The number of aryl methyl sites for hydroxylation is 1. The van der Waals surface area contributed by atoms with Crippen molar-refractivity contribution < 1.29 is 22.8 Å². The van der Waals surface area contributed by atoms with Crippen molar-refractivity contribution >= 4 is 17.5 Å². The second-order valence-electron chi connectivity index (χ2n) is 6.98. The molecule has 0 aliphatic heterocycles. The zero-order valence-corrected chi connectivity index (χ0v) is 17.3. The van der Waals surface area contributed by atoms with Gasteiger partial charge >= 0.3 is 0 Å². The zero-order valence-electron chi connectivity index (χ0n) is 17.3. The third kappa shape index (κ3) is 5.75. The van der Waals surface area contributed by atoms with Crippen LogP contribution in [0.4, 0.5) is 14.5 Å². The number of nitrogens with one attached hydrogen (secondary N) is 1. The molecule has 0 spiro atoms. The Bertz CT molecular complexity index is 1080. The minimum Gasteiger partial charge on any atom is -0.441 e. The van der Waals surface area contributed by atoms with E-state index in [4.69, 9.17) is 4.42 Å². The van der Waals surface area contributed by atoms with Crippen molar-refractivity contribution in [1.29, 1.82) is 0 Å². The molecule has 0 aliphatic rings. The molecule has 6 nitrogen and oxygen atoms in total. The number of carbonyl (C=O) groups excluding carboxylic acids is 2. The summed E-state index contributed by atoms with van der Waals surface area (Å²) in [7, 11) is 0. The van der Waals surface area contributed by atoms with Gasteiger partial charge in [-0.1, -0.05) is 18.2 Å². The number of hydrogen-bond acceptors (Lipinski definition) is 4. The Hall–Kier alpha value is -3.55. The first-order chi connectivity index (χ1) is 14.9. The summed E-state index contributed by atoms with van der Waals surface area (Å²) >= 11 is 0. The van der Waals surface area contributed by atoms with Crippen molar-refractivity contribution in [2.75, 3.05) is 11.9 Å². The third-order valence-corrected chi connectivity index (χ3v) is 4.80. The second-order valence-corrected chi connectivity index (χ2v) is 6.98. The molecule has 8 heteroatoms. The number of anilines is 1. The van der Waals surface area contributed by atoms with Gasteiger partial charge < -0.3 is 14.6 Å². The van der Waals surface area contributed by atoms with Gasteiger partial charge in [-0.2, -0.15) is 0 Å². The molecule has 31 heavy (non-hydrogen) atoms. The molecule has 0 fully saturated rings. The summed E-state index contributed by atoms with van der Waals surface area (Å²) in [6, 6.07) is 10.5. The molecular formula is C23H23F2N3O3. The Balaban J connectivity index is 1.61. The van der Waals surface area contributed by atoms with Crippen LogP contribution in [0.15, 0.2) is 53.1 Å². The molecule has 0 unspecified atom stereocenters. The first kappa shape index (κ1) is 22.1. The van der Waals surface area contributed by atoms with Gasteiger partial charge in [0.15, 0.2) is 11.7 Å². The molecule has 0 saturated heterocycles. The summed E-state index contributed by atoms with van der Waals surface area (Å²) < 4.78 is 32.5. The molecule has 0 radical (unpaired) electrons. The number of oxazole rings is 1. The second kappa shape index (κ2) is 9.97. The smallest absolute Gasteiger partial charge is 0.224 e. The predicted octanol–water partition coefficient (Wildman–Crippen LogP) is 4.56. The molecule has 0 aliphatic carbocycles. The van der Waals surface area contributed by atoms with Crippen molar-refractivity contribution in [2.45, 2.75) is 33.2 Å². The fraction of sp³-hybridized carbons (Fsp3) is 0.261. The SMILES string of the molecule is CCN(Cc1ccccc1NC(=O)CCc1ncc(-c2ccc(F)cc2F)o1)C(C)=O. The van der Waals surface area contributed by atoms with Crippen LogP contribution in [0.3, 0.4) is 0 Å². The Labute approximate surface area is 178 Å². The van der Waals surface area contributed by atoms with Crippen molar-refractivity contribution in [3.8, 4) is 11.3 Å². The number of rotatable bonds is 8. The third-order valence-electron chi connectivity index (χ3n) is 4.80. The average molecular weight is 427 g/mol. The Morgan fingerprint density at radius 3 is 2.65 bits per heavy atom. The highest BCUT2D eigenvalue weighted by molar-refractivity contribution is 5.91. The van der Waals surface area contributed by atoms with Crippen LogP contribution in [0.2, 0.25) is 0 Å². The van der Waals surface area contributed by atoms with Crippen molar-refractivity contribution in [3.63, 3.8) is 0 Å². The maximum absolute atomic E-state index is 13.9. The molecule has 1 heterocycles. The van der Waals surface area contributed by atoms with E-state index in [1.165, 1.54) is 19.2 Å². The van der Waals surface area contributed by atoms with Crippen LogP contribution in [-0.2, 0) is 22.6 Å². The highest BCUT2D eigenvalue weighted by Crippen LogP contribution is 2.25. The lowest BCUT2D eigenvalue weighted by atomic mass is 10.1. The van der Waals surface area contributed by atoms with Gasteiger partial charge in [0.1, 0.15) is 11.6 Å². The molecule has 0 atom stereocenters. The lowest BCUT2D eigenvalue weighted by molar-refractivity contribution is -0.129. The average Bonchev–Trinajstić information content (AvgIpc) is 3.20. The number of hydrogen-bond donors (Lipinski definition) is 1. The molecule has 0 saturated carbocycles. The van der Waals surface area contributed by atoms with E-state index in [-0.39, 0.29) is 41.9 Å². The number of benzene rings is 2. The van der Waals surface area contributed by atoms with Crippen molar-refractivity contribution in [1.82, 2.24) is 9.88 Å². The number of halogens is 2. The fourth-order valence-electron chi connectivity index (χ4n) is 3.10. The largest absolute Gasteiger partial charge is 0.441 e. The topological polar surface area (TPSA) is 75.4 Å². The number of aromatic nitrogens is 1. The predicted molar refractivity (Wildman–Crippen MR) is 112 cm³/mol. The Morgan fingerprint density at radius 1 is 1.16 bits per heavy atom. The quantitative estimate of drug-likeness (QED) is 0.572. The van der Waals surface area contributed by atoms with Gasteiger partial charge in [-0.3, -0.25) is 9.59 Å². The van der Waals surface area contributed by atoms with Crippen molar-refractivity contribution in [3.05, 3.63) is 71.8 Å². The van der Waals surface area contributed by atoms with Crippen molar-refractivity contribution in [2.24, 2.45) is 0 Å². The van der Waals surface area contributed by atoms with E-state index in [1.54, 1.807) is 17.0 Å². The molecular weight excluding hydrogens is 404 g/mol. The van der Waals surface area contributed by atoms with Crippen LogP contribution in [0.5, 0.6) is 0 Å². The fourth-order valence-corrected chi connectivity index (χ4v) is 3.10. The van der Waals surface area contributed by atoms with E-state index in [9.17, 15) is 18.4 Å². The molecule has 162 valence electrons. The molecule has 1 aromatic heterocycles. The van der Waals surface area contributed by atoms with E-state index in [0.29, 0.717) is 18.8 Å². The van der Waals surface area contributed by atoms with Gasteiger partial charge in [-0.05, 0) is 30.7 Å². The van der Waals surface area contributed by atoms with E-state index in [2.05, 4.69) is 10.3 Å². The van der Waals surface area contributed by atoms with Crippen LogP contribution >= 0.6 is 0 Å². The minimum absolute atomic E-state index is 0.0408. The number of amides is 2. The molecule has 0 bridgehead atoms. The van der Waals surface area contributed by atoms with Crippen LogP contribution in [0.1, 0.15) is 31.7 Å². The molecule has 2 amide bonds. The first-order valence-corrected chi connectivity index (χ1v) is 9.90. The van der Waals surface area contributed by atoms with Gasteiger partial charge in [-0.15, -0.1) is 0 Å². The lowest BCUT2D eigenvalue weighted by Crippen LogP contribution is -2.28. The summed E-state index contributed by atoms with van der Waals surface area (Å²) in [5, 5.41) is 2.85. The number of nitrogens with zero attached hydrogens (tertiary/aromatic N) is 2. The molecule has 1 N–H and O–H groups in total. The van der Waals surface area contributed by atoms with Gasteiger partial charge in [0.25, 0.3) is 0 Å². The van der Waals surface area contributed by atoms with Gasteiger partial charge in [0, 0.05) is 44.6 Å². The molecule has 3 aromatic rings. The van der Waals surface area contributed by atoms with E-state index >= 15 is 0 Å². The number of carbonyl (C=O) groups is 2. The maximum Gasteiger partial charge on any atom is 0.224 e. The van der Waals surface area contributed by atoms with Gasteiger partial charge in [-0.25, -0.2) is 13.8 Å². The normalized spacial score (nSPS) is 10.7. The maximum atomic E-state index is 13.9. The van der Waals surface area contributed by atoms with E-state index in [1.807, 2.05) is 19.1 Å². The lowest BCUT2D eigenvalue weighted by Gasteiger charge is -2.21. The standard InChI is InChI=1S/C23H23F2N3O3/c1-3-28(15(2)29)14-16-6-4-5-7-20(16)27-22(30)10-11-23-26-13-21(31-23)18-9-8-17(24)12-19(18)25/h4-9,12-13H,3,10-11,14H2,1-2H3,(H,27,30). The van der Waals surface area contributed by atoms with E-state index in [0.717, 1.165) is 17.7 Å². The highest BCUT2D eigenvalue weighted by atomic mass is 19.1. The minimum atomic E-state index is -0.747. The molecule has 2 aromatic carbocycles. The van der Waals surface area contributed by atoms with Gasteiger partial charge in [0.2, 0.25) is 11.8 Å². The summed E-state index contributed by atoms with van der Waals surface area (Å²) in [5.41, 5.74) is 1.57. The summed E-state index contributed by atoms with van der Waals surface area (Å²) in [6.45, 7) is 4.37. The van der Waals surface area contributed by atoms with Crippen LogP contribution in [-0.4, -0.2) is 28.2 Å². The van der Waals surface area contributed by atoms with Crippen LogP contribution < -0.4 is 5.32 Å². The van der Waals surface area contributed by atoms with Crippen LogP contribution in [0.25, 0.3) is 11.3 Å². The van der Waals surface area contributed by atoms with Gasteiger partial charge in [0.05, 0.1) is 11.8 Å². The monoisotopic (exact) mass is 427 g/mol. The number of para-hydroxylation sites is 1.